The Morgan fingerprint density at radius 1 is 1.03 bits per heavy atom. The Balaban J connectivity index is 1.74. The van der Waals surface area contributed by atoms with Gasteiger partial charge in [0.05, 0.1) is 16.6 Å². The first-order valence-corrected chi connectivity index (χ1v) is 9.44. The van der Waals surface area contributed by atoms with Crippen molar-refractivity contribution in [3.05, 3.63) is 70.3 Å². The second-order valence-corrected chi connectivity index (χ2v) is 6.55. The third kappa shape index (κ3) is 4.60. The van der Waals surface area contributed by atoms with E-state index in [4.69, 9.17) is 0 Å². The van der Waals surface area contributed by atoms with E-state index in [0.717, 1.165) is 12.8 Å². The van der Waals surface area contributed by atoms with Crippen molar-refractivity contribution in [1.82, 2.24) is 25.7 Å². The number of para-hydroxylation sites is 1. The predicted molar refractivity (Wildman–Crippen MR) is 111 cm³/mol. The maximum absolute atomic E-state index is 12.8. The van der Waals surface area contributed by atoms with Crippen LogP contribution in [0.2, 0.25) is 0 Å². The summed E-state index contributed by atoms with van der Waals surface area (Å²) < 4.78 is 1.50. The molecule has 8 nitrogen and oxygen atoms in total. The van der Waals surface area contributed by atoms with Crippen LogP contribution in [0, 0.1) is 6.92 Å². The number of aryl methyl sites for hydroxylation is 1. The first kappa shape index (κ1) is 20.1. The molecule has 0 aliphatic heterocycles. The fraction of sp³-hybridized carbons (Fsp3) is 0.238. The minimum Gasteiger partial charge on any atom is -0.337 e. The van der Waals surface area contributed by atoms with E-state index in [1.165, 1.54) is 4.57 Å². The Morgan fingerprint density at radius 2 is 1.76 bits per heavy atom. The maximum atomic E-state index is 12.8. The molecule has 29 heavy (non-hydrogen) atoms. The third-order valence-corrected chi connectivity index (χ3v) is 4.44. The number of hydrogen-bond acceptors (Lipinski definition) is 4. The van der Waals surface area contributed by atoms with Crippen molar-refractivity contribution in [2.75, 3.05) is 6.54 Å². The predicted octanol–water partition coefficient (Wildman–Crippen LogP) is 2.44. The number of hydrazine groups is 1. The molecule has 0 bridgehead atoms. The number of urea groups is 1. The SMILES string of the molecule is CCCCNC(=O)NNC(=O)c1ccc(-n2c(C)nc3ccccc3c2=O)cc1. The highest BCUT2D eigenvalue weighted by atomic mass is 16.2. The van der Waals surface area contributed by atoms with Gasteiger partial charge in [0.1, 0.15) is 5.82 Å². The third-order valence-electron chi connectivity index (χ3n) is 4.44. The Labute approximate surface area is 167 Å². The Kier molecular flexibility index (Phi) is 6.23. The summed E-state index contributed by atoms with van der Waals surface area (Å²) in [6.45, 7) is 4.32. The van der Waals surface area contributed by atoms with Crippen LogP contribution in [0.1, 0.15) is 35.9 Å². The highest BCUT2D eigenvalue weighted by Crippen LogP contribution is 2.13. The Bertz CT molecular complexity index is 1090. The number of unbranched alkanes of at least 4 members (excludes halogenated alkanes) is 1. The standard InChI is InChI=1S/C21H23N5O3/c1-3-4-13-22-21(29)25-24-19(27)15-9-11-16(12-10-15)26-14(2)23-18-8-6-5-7-17(18)20(26)28/h5-12H,3-4,13H2,1-2H3,(H,24,27)(H2,22,25,29). The Morgan fingerprint density at radius 3 is 2.48 bits per heavy atom. The molecule has 0 radical (unpaired) electrons. The first-order chi connectivity index (χ1) is 14.0. The molecular weight excluding hydrogens is 370 g/mol. The molecule has 0 fully saturated rings. The normalized spacial score (nSPS) is 10.6. The van der Waals surface area contributed by atoms with E-state index < -0.39 is 11.9 Å². The van der Waals surface area contributed by atoms with Gasteiger partial charge < -0.3 is 5.32 Å². The van der Waals surface area contributed by atoms with E-state index in [9.17, 15) is 14.4 Å². The van der Waals surface area contributed by atoms with Gasteiger partial charge in [-0.3, -0.25) is 19.6 Å². The number of nitrogens with one attached hydrogen (secondary N) is 3. The van der Waals surface area contributed by atoms with Crippen LogP contribution in [0.3, 0.4) is 0 Å². The fourth-order valence-electron chi connectivity index (χ4n) is 2.92. The molecule has 1 heterocycles. The van der Waals surface area contributed by atoms with Crippen molar-refractivity contribution in [3.63, 3.8) is 0 Å². The molecule has 0 saturated heterocycles. The molecule has 0 spiro atoms. The van der Waals surface area contributed by atoms with Crippen LogP contribution >= 0.6 is 0 Å². The van der Waals surface area contributed by atoms with Crippen molar-refractivity contribution in [1.29, 1.82) is 0 Å². The molecule has 0 atom stereocenters. The topological polar surface area (TPSA) is 105 Å². The zero-order valence-electron chi connectivity index (χ0n) is 16.4. The smallest absolute Gasteiger partial charge is 0.333 e. The van der Waals surface area contributed by atoms with Gasteiger partial charge in [0, 0.05) is 12.1 Å². The largest absolute Gasteiger partial charge is 0.337 e. The maximum Gasteiger partial charge on any atom is 0.333 e. The van der Waals surface area contributed by atoms with Crippen molar-refractivity contribution in [2.24, 2.45) is 0 Å². The molecule has 0 aliphatic carbocycles. The quantitative estimate of drug-likeness (QED) is 0.457. The van der Waals surface area contributed by atoms with Crippen LogP contribution in [-0.2, 0) is 0 Å². The zero-order valence-corrected chi connectivity index (χ0v) is 16.4. The molecule has 3 N–H and O–H groups in total. The first-order valence-electron chi connectivity index (χ1n) is 9.44. The zero-order chi connectivity index (χ0) is 20.8. The lowest BCUT2D eigenvalue weighted by Gasteiger charge is -2.12. The Hall–Kier alpha value is -3.68. The van der Waals surface area contributed by atoms with Crippen LogP contribution in [0.5, 0.6) is 0 Å². The van der Waals surface area contributed by atoms with Crippen LogP contribution in [0.4, 0.5) is 4.79 Å². The summed E-state index contributed by atoms with van der Waals surface area (Å²) in [6, 6.07) is 13.2. The van der Waals surface area contributed by atoms with E-state index >= 15 is 0 Å². The number of carbonyl (C=O) groups excluding carboxylic acids is 2. The average Bonchev–Trinajstić information content (AvgIpc) is 2.73. The second kappa shape index (κ2) is 9.01. The van der Waals surface area contributed by atoms with Gasteiger partial charge in [0.2, 0.25) is 0 Å². The number of aromatic nitrogens is 2. The number of amides is 3. The van der Waals surface area contributed by atoms with Crippen LogP contribution in [0.25, 0.3) is 16.6 Å². The molecule has 0 aliphatic rings. The number of nitrogens with zero attached hydrogens (tertiary/aromatic N) is 2. The number of carbonyl (C=O) groups is 2. The van der Waals surface area contributed by atoms with Gasteiger partial charge in [-0.15, -0.1) is 0 Å². The molecule has 150 valence electrons. The van der Waals surface area contributed by atoms with Crippen molar-refractivity contribution >= 4 is 22.8 Å². The van der Waals surface area contributed by atoms with E-state index in [0.29, 0.717) is 34.5 Å². The van der Waals surface area contributed by atoms with Crippen molar-refractivity contribution in [2.45, 2.75) is 26.7 Å². The average molecular weight is 393 g/mol. The molecule has 0 unspecified atom stereocenters. The van der Waals surface area contributed by atoms with Gasteiger partial charge in [0.15, 0.2) is 0 Å². The van der Waals surface area contributed by atoms with Crippen LogP contribution in [-0.4, -0.2) is 28.0 Å². The lowest BCUT2D eigenvalue weighted by Crippen LogP contribution is -2.47. The minimum absolute atomic E-state index is 0.171. The van der Waals surface area contributed by atoms with E-state index in [1.54, 1.807) is 49.4 Å². The van der Waals surface area contributed by atoms with Gasteiger partial charge in [-0.2, -0.15) is 0 Å². The molecule has 0 saturated carbocycles. The van der Waals surface area contributed by atoms with E-state index in [-0.39, 0.29) is 5.56 Å². The molecule has 3 rings (SSSR count). The summed E-state index contributed by atoms with van der Waals surface area (Å²) in [5, 5.41) is 3.16. The molecular formula is C21H23N5O3. The van der Waals surface area contributed by atoms with Crippen molar-refractivity contribution < 1.29 is 9.59 Å². The highest BCUT2D eigenvalue weighted by molar-refractivity contribution is 5.95. The lowest BCUT2D eigenvalue weighted by molar-refractivity contribution is 0.0936. The number of benzene rings is 2. The highest BCUT2D eigenvalue weighted by Gasteiger charge is 2.11. The van der Waals surface area contributed by atoms with Crippen molar-refractivity contribution in [3.8, 4) is 5.69 Å². The summed E-state index contributed by atoms with van der Waals surface area (Å²) in [6.07, 6.45) is 1.83. The number of hydrogen-bond donors (Lipinski definition) is 3. The molecule has 1 aromatic heterocycles. The lowest BCUT2D eigenvalue weighted by atomic mass is 10.2. The van der Waals surface area contributed by atoms with Crippen LogP contribution < -0.4 is 21.7 Å². The summed E-state index contributed by atoms with van der Waals surface area (Å²) >= 11 is 0. The fourth-order valence-corrected chi connectivity index (χ4v) is 2.92. The van der Waals surface area contributed by atoms with E-state index in [1.807, 2.05) is 13.0 Å². The van der Waals surface area contributed by atoms with Gasteiger partial charge in [0.25, 0.3) is 11.5 Å². The monoisotopic (exact) mass is 393 g/mol. The number of rotatable bonds is 5. The summed E-state index contributed by atoms with van der Waals surface area (Å²) in [7, 11) is 0. The van der Waals surface area contributed by atoms with Gasteiger partial charge in [-0.05, 0) is 49.7 Å². The minimum atomic E-state index is -0.465. The molecule has 2 aromatic carbocycles. The van der Waals surface area contributed by atoms with Gasteiger partial charge >= 0.3 is 6.03 Å². The molecule has 3 aromatic rings. The molecule has 8 heteroatoms. The van der Waals surface area contributed by atoms with E-state index in [2.05, 4.69) is 21.2 Å². The number of fused-ring (bicyclic) bond motifs is 1. The second-order valence-electron chi connectivity index (χ2n) is 6.55. The summed E-state index contributed by atoms with van der Waals surface area (Å²) in [5.41, 5.74) is 6.09. The molecule has 3 amide bonds. The van der Waals surface area contributed by atoms with Gasteiger partial charge in [-0.1, -0.05) is 25.5 Å². The summed E-state index contributed by atoms with van der Waals surface area (Å²) in [5.74, 6) is 0.0965. The summed E-state index contributed by atoms with van der Waals surface area (Å²) in [4.78, 5) is 41.1. The van der Waals surface area contributed by atoms with Gasteiger partial charge in [-0.25, -0.2) is 15.2 Å². The van der Waals surface area contributed by atoms with Crippen LogP contribution in [0.15, 0.2) is 53.3 Å².